The van der Waals surface area contributed by atoms with Crippen LogP contribution in [-0.2, 0) is 14.3 Å². The van der Waals surface area contributed by atoms with Crippen LogP contribution < -0.4 is 16.4 Å². The van der Waals surface area contributed by atoms with E-state index in [1.165, 1.54) is 0 Å². The molecular formula is C13H17N3O5. The Kier molecular flexibility index (Phi) is 6.69. The first-order valence-corrected chi connectivity index (χ1v) is 6.19. The Bertz CT molecular complexity index is 501. The molecule has 0 aliphatic carbocycles. The van der Waals surface area contributed by atoms with Gasteiger partial charge in [-0.2, -0.15) is 0 Å². The van der Waals surface area contributed by atoms with Crippen LogP contribution in [0.5, 0.6) is 0 Å². The van der Waals surface area contributed by atoms with Gasteiger partial charge in [0, 0.05) is 17.8 Å². The first-order valence-electron chi connectivity index (χ1n) is 6.19. The zero-order valence-electron chi connectivity index (χ0n) is 11.3. The van der Waals surface area contributed by atoms with Crippen LogP contribution in [0.3, 0.4) is 0 Å². The number of carboxylic acid groups (broad SMARTS) is 1. The number of nitrogens with two attached hydrogens (primary N) is 1. The third-order valence-electron chi connectivity index (χ3n) is 2.38. The minimum Gasteiger partial charge on any atom is -0.480 e. The molecule has 0 heterocycles. The average molecular weight is 295 g/mol. The Hall–Kier alpha value is -2.61. The Morgan fingerprint density at radius 1 is 1.14 bits per heavy atom. The maximum absolute atomic E-state index is 11.7. The smallest absolute Gasteiger partial charge is 0.329 e. The van der Waals surface area contributed by atoms with Crippen LogP contribution in [0.25, 0.3) is 0 Å². The van der Waals surface area contributed by atoms with Gasteiger partial charge in [-0.05, 0) is 24.3 Å². The van der Waals surface area contributed by atoms with Crippen LogP contribution >= 0.6 is 0 Å². The summed E-state index contributed by atoms with van der Waals surface area (Å²) in [7, 11) is 0. The molecule has 0 saturated carbocycles. The van der Waals surface area contributed by atoms with E-state index in [4.69, 9.17) is 15.6 Å². The van der Waals surface area contributed by atoms with E-state index in [0.29, 0.717) is 11.3 Å². The van der Waals surface area contributed by atoms with Crippen molar-refractivity contribution >= 4 is 23.5 Å². The van der Waals surface area contributed by atoms with E-state index < -0.39 is 18.5 Å². The lowest BCUT2D eigenvalue weighted by molar-refractivity contribution is -0.142. The monoisotopic (exact) mass is 295 g/mol. The van der Waals surface area contributed by atoms with E-state index in [-0.39, 0.29) is 25.6 Å². The highest BCUT2D eigenvalue weighted by molar-refractivity contribution is 5.96. The second kappa shape index (κ2) is 8.54. The topological polar surface area (TPSA) is 131 Å². The zero-order valence-corrected chi connectivity index (χ0v) is 11.3. The number of nitrogen functional groups attached to an aromatic ring is 1. The summed E-state index contributed by atoms with van der Waals surface area (Å²) in [5.74, 6) is -1.85. The van der Waals surface area contributed by atoms with E-state index in [9.17, 15) is 14.4 Å². The molecular weight excluding hydrogens is 278 g/mol. The van der Waals surface area contributed by atoms with E-state index in [0.717, 1.165) is 0 Å². The summed E-state index contributed by atoms with van der Waals surface area (Å²) >= 11 is 0. The predicted molar refractivity (Wildman–Crippen MR) is 74.7 cm³/mol. The van der Waals surface area contributed by atoms with Crippen LogP contribution in [0.15, 0.2) is 24.3 Å². The molecule has 0 unspecified atom stereocenters. The van der Waals surface area contributed by atoms with Gasteiger partial charge in [-0.15, -0.1) is 0 Å². The predicted octanol–water partition coefficient (Wildman–Crippen LogP) is -0.784. The lowest BCUT2D eigenvalue weighted by Gasteiger charge is -2.07. The van der Waals surface area contributed by atoms with Crippen molar-refractivity contribution < 1.29 is 24.2 Å². The Morgan fingerprint density at radius 2 is 1.81 bits per heavy atom. The van der Waals surface area contributed by atoms with Crippen molar-refractivity contribution in [1.82, 2.24) is 10.6 Å². The van der Waals surface area contributed by atoms with Crippen LogP contribution in [0.1, 0.15) is 10.4 Å². The van der Waals surface area contributed by atoms with Crippen molar-refractivity contribution in [2.24, 2.45) is 0 Å². The van der Waals surface area contributed by atoms with Gasteiger partial charge in [-0.1, -0.05) is 0 Å². The number of ether oxygens (including phenoxy) is 1. The molecule has 21 heavy (non-hydrogen) atoms. The molecule has 5 N–H and O–H groups in total. The lowest BCUT2D eigenvalue weighted by Crippen LogP contribution is -2.38. The van der Waals surface area contributed by atoms with Crippen molar-refractivity contribution in [3.05, 3.63) is 29.8 Å². The number of carboxylic acids is 1. The second-order valence-electron chi connectivity index (χ2n) is 4.10. The van der Waals surface area contributed by atoms with Crippen LogP contribution in [-0.4, -0.2) is 49.2 Å². The zero-order chi connectivity index (χ0) is 15.7. The quantitative estimate of drug-likeness (QED) is 0.367. The summed E-state index contributed by atoms with van der Waals surface area (Å²) in [6.07, 6.45) is 0. The van der Waals surface area contributed by atoms with Gasteiger partial charge in [0.05, 0.1) is 13.2 Å². The van der Waals surface area contributed by atoms with Gasteiger partial charge in [0.25, 0.3) is 5.91 Å². The van der Waals surface area contributed by atoms with Gasteiger partial charge >= 0.3 is 5.97 Å². The van der Waals surface area contributed by atoms with E-state index in [2.05, 4.69) is 10.6 Å². The summed E-state index contributed by atoms with van der Waals surface area (Å²) < 4.78 is 4.74. The Labute approximate surface area is 121 Å². The molecule has 0 fully saturated rings. The SMILES string of the molecule is Nc1ccc(C(=O)NCC(=O)NCCOCC(=O)O)cc1. The molecule has 1 aromatic rings. The molecule has 0 spiro atoms. The molecule has 0 saturated heterocycles. The van der Waals surface area contributed by atoms with Gasteiger partial charge < -0.3 is 26.2 Å². The summed E-state index contributed by atoms with van der Waals surface area (Å²) in [6.45, 7) is -0.334. The number of nitrogens with one attached hydrogen (secondary N) is 2. The number of carbonyl (C=O) groups is 3. The van der Waals surface area contributed by atoms with Crippen LogP contribution in [0, 0.1) is 0 Å². The Morgan fingerprint density at radius 3 is 2.43 bits per heavy atom. The fourth-order valence-corrected chi connectivity index (χ4v) is 1.38. The molecule has 0 radical (unpaired) electrons. The number of hydrogen-bond acceptors (Lipinski definition) is 5. The minimum atomic E-state index is -1.07. The van der Waals surface area contributed by atoms with E-state index in [1.54, 1.807) is 24.3 Å². The first-order chi connectivity index (χ1) is 9.99. The summed E-state index contributed by atoms with van der Waals surface area (Å²) in [6, 6.07) is 6.30. The van der Waals surface area contributed by atoms with Crippen LogP contribution in [0.4, 0.5) is 5.69 Å². The summed E-state index contributed by atoms with van der Waals surface area (Å²) in [5, 5.41) is 13.3. The van der Waals surface area contributed by atoms with Gasteiger partial charge in [-0.3, -0.25) is 9.59 Å². The molecule has 0 bridgehead atoms. The van der Waals surface area contributed by atoms with Crippen molar-refractivity contribution in [3.8, 4) is 0 Å². The van der Waals surface area contributed by atoms with E-state index >= 15 is 0 Å². The number of amides is 2. The molecule has 1 aromatic carbocycles. The number of anilines is 1. The fraction of sp³-hybridized carbons (Fsp3) is 0.308. The molecule has 8 nitrogen and oxygen atoms in total. The molecule has 0 aromatic heterocycles. The van der Waals surface area contributed by atoms with Gasteiger partial charge in [0.1, 0.15) is 6.61 Å². The third-order valence-corrected chi connectivity index (χ3v) is 2.38. The fourth-order valence-electron chi connectivity index (χ4n) is 1.38. The highest BCUT2D eigenvalue weighted by Crippen LogP contribution is 2.04. The number of aliphatic carboxylic acids is 1. The van der Waals surface area contributed by atoms with Gasteiger partial charge in [0.15, 0.2) is 0 Å². The van der Waals surface area contributed by atoms with Gasteiger partial charge in [-0.25, -0.2) is 4.79 Å². The maximum Gasteiger partial charge on any atom is 0.329 e. The number of carbonyl (C=O) groups excluding carboxylic acids is 2. The van der Waals surface area contributed by atoms with Gasteiger partial charge in [0.2, 0.25) is 5.91 Å². The molecule has 2 amide bonds. The molecule has 0 atom stereocenters. The van der Waals surface area contributed by atoms with Crippen molar-refractivity contribution in [3.63, 3.8) is 0 Å². The largest absolute Gasteiger partial charge is 0.480 e. The summed E-state index contributed by atoms with van der Waals surface area (Å²) in [5.41, 5.74) is 6.45. The van der Waals surface area contributed by atoms with Crippen molar-refractivity contribution in [1.29, 1.82) is 0 Å². The normalized spacial score (nSPS) is 9.90. The highest BCUT2D eigenvalue weighted by Gasteiger charge is 2.07. The Balaban J connectivity index is 2.19. The highest BCUT2D eigenvalue weighted by atomic mass is 16.5. The number of rotatable bonds is 8. The van der Waals surface area contributed by atoms with Crippen molar-refractivity contribution in [2.45, 2.75) is 0 Å². The molecule has 0 aliphatic rings. The molecule has 1 rings (SSSR count). The number of benzene rings is 1. The summed E-state index contributed by atoms with van der Waals surface area (Å²) in [4.78, 5) is 33.3. The first kappa shape index (κ1) is 16.4. The average Bonchev–Trinajstić information content (AvgIpc) is 2.44. The second-order valence-corrected chi connectivity index (χ2v) is 4.10. The molecule has 0 aliphatic heterocycles. The van der Waals surface area contributed by atoms with Crippen LogP contribution in [0.2, 0.25) is 0 Å². The standard InChI is InChI=1S/C13H17N3O5/c14-10-3-1-9(2-4-10)13(20)16-7-11(17)15-5-6-21-8-12(18)19/h1-4H,5-8,14H2,(H,15,17)(H,16,20)(H,18,19). The van der Waals surface area contributed by atoms with E-state index in [1.807, 2.05) is 0 Å². The van der Waals surface area contributed by atoms with Crippen molar-refractivity contribution in [2.75, 3.05) is 32.0 Å². The number of hydrogen-bond donors (Lipinski definition) is 4. The third kappa shape index (κ3) is 6.92. The maximum atomic E-state index is 11.7. The lowest BCUT2D eigenvalue weighted by atomic mass is 10.2. The molecule has 8 heteroatoms. The molecule has 114 valence electrons. The minimum absolute atomic E-state index is 0.0873.